The molecule has 0 unspecified atom stereocenters. The normalized spacial score (nSPS) is 21.1. The smallest absolute Gasteiger partial charge is 0.265 e. The lowest BCUT2D eigenvalue weighted by Gasteiger charge is -2.31. The number of fused-ring (bicyclic) bond motifs is 2. The van der Waals surface area contributed by atoms with E-state index in [0.717, 1.165) is 50.0 Å². The standard InChI is InChI=1S/C34H30F3N5OS2/c1-19(2)21-8-10-22(11-9-21)26-17-29(34(35,36)37)41-30(38-26)18-27(39-41)33(43)42-32(28-7-5-13-45-28)25-15-20(3)14-23(31(25)40-42)16-24-6-4-12-44-24/h4-13,16-20,25,32H,14-15H2,1-3H3/b23-16+/t20-,25-,32+/m0/s1. The Morgan fingerprint density at radius 1 is 1.04 bits per heavy atom. The maximum Gasteiger partial charge on any atom is 0.433 e. The Morgan fingerprint density at radius 3 is 2.47 bits per heavy atom. The van der Waals surface area contributed by atoms with Crippen LogP contribution in [-0.4, -0.2) is 31.2 Å². The summed E-state index contributed by atoms with van der Waals surface area (Å²) in [6.45, 7) is 6.31. The highest BCUT2D eigenvalue weighted by atomic mass is 32.1. The van der Waals surface area contributed by atoms with Crippen LogP contribution in [0.5, 0.6) is 0 Å². The summed E-state index contributed by atoms with van der Waals surface area (Å²) in [6, 6.07) is 17.2. The molecule has 0 radical (unpaired) electrons. The fraction of sp³-hybridized carbons (Fsp3) is 0.294. The molecule has 0 spiro atoms. The van der Waals surface area contributed by atoms with Crippen LogP contribution < -0.4 is 0 Å². The summed E-state index contributed by atoms with van der Waals surface area (Å²) >= 11 is 3.18. The predicted octanol–water partition coefficient (Wildman–Crippen LogP) is 9.34. The molecule has 45 heavy (non-hydrogen) atoms. The molecule has 0 bridgehead atoms. The first-order valence-corrected chi connectivity index (χ1v) is 16.6. The van der Waals surface area contributed by atoms with Crippen molar-refractivity contribution in [3.8, 4) is 11.3 Å². The van der Waals surface area contributed by atoms with Crippen LogP contribution in [0.2, 0.25) is 0 Å². The van der Waals surface area contributed by atoms with Gasteiger partial charge in [0.25, 0.3) is 5.91 Å². The number of rotatable bonds is 5. The molecule has 1 amide bonds. The molecule has 11 heteroatoms. The summed E-state index contributed by atoms with van der Waals surface area (Å²) in [4.78, 5) is 20.8. The Morgan fingerprint density at radius 2 is 1.80 bits per heavy atom. The van der Waals surface area contributed by atoms with Crippen molar-refractivity contribution in [2.75, 3.05) is 0 Å². The molecule has 6 nitrogen and oxygen atoms in total. The van der Waals surface area contributed by atoms with Gasteiger partial charge in [0.2, 0.25) is 0 Å². The van der Waals surface area contributed by atoms with E-state index in [2.05, 4.69) is 43.0 Å². The molecule has 5 aromatic rings. The first-order valence-electron chi connectivity index (χ1n) is 14.8. The number of hydrogen-bond donors (Lipinski definition) is 0. The molecule has 0 N–H and O–H groups in total. The van der Waals surface area contributed by atoms with Crippen molar-refractivity contribution in [2.45, 2.75) is 51.7 Å². The van der Waals surface area contributed by atoms with Crippen molar-refractivity contribution in [3.63, 3.8) is 0 Å². The molecule has 0 saturated heterocycles. The van der Waals surface area contributed by atoms with Crippen molar-refractivity contribution in [3.05, 3.63) is 104 Å². The predicted molar refractivity (Wildman–Crippen MR) is 172 cm³/mol. The fourth-order valence-electron chi connectivity index (χ4n) is 6.33. The Bertz CT molecular complexity index is 1920. The number of carbonyl (C=O) groups is 1. The van der Waals surface area contributed by atoms with Gasteiger partial charge in [0.05, 0.1) is 17.4 Å². The number of alkyl halides is 3. The van der Waals surface area contributed by atoms with Crippen LogP contribution in [0.15, 0.2) is 82.1 Å². The number of thiophene rings is 2. The zero-order valence-corrected chi connectivity index (χ0v) is 26.5. The molecular weight excluding hydrogens is 616 g/mol. The quantitative estimate of drug-likeness (QED) is 0.191. The zero-order chi connectivity index (χ0) is 31.5. The second-order valence-electron chi connectivity index (χ2n) is 12.0. The van der Waals surface area contributed by atoms with E-state index in [-0.39, 0.29) is 34.9 Å². The molecule has 230 valence electrons. The van der Waals surface area contributed by atoms with Crippen LogP contribution in [0.25, 0.3) is 23.0 Å². The van der Waals surface area contributed by atoms with Crippen LogP contribution in [0, 0.1) is 11.8 Å². The lowest BCUT2D eigenvalue weighted by Crippen LogP contribution is -2.33. The first kappa shape index (κ1) is 29.6. The van der Waals surface area contributed by atoms with Gasteiger partial charge in [0, 0.05) is 27.3 Å². The monoisotopic (exact) mass is 645 g/mol. The van der Waals surface area contributed by atoms with Gasteiger partial charge in [0.1, 0.15) is 0 Å². The minimum absolute atomic E-state index is 0.0381. The van der Waals surface area contributed by atoms with Crippen LogP contribution in [0.1, 0.15) is 77.1 Å². The highest BCUT2D eigenvalue weighted by molar-refractivity contribution is 7.11. The van der Waals surface area contributed by atoms with Crippen molar-refractivity contribution >= 4 is 46.0 Å². The van der Waals surface area contributed by atoms with Crippen molar-refractivity contribution in [2.24, 2.45) is 16.9 Å². The zero-order valence-electron chi connectivity index (χ0n) is 24.8. The maximum absolute atomic E-state index is 14.4. The minimum Gasteiger partial charge on any atom is -0.265 e. The number of aromatic nitrogens is 3. The average molecular weight is 646 g/mol. The molecule has 7 rings (SSSR count). The van der Waals surface area contributed by atoms with Gasteiger partial charge in [0.15, 0.2) is 17.0 Å². The Balaban J connectivity index is 1.32. The van der Waals surface area contributed by atoms with Gasteiger partial charge in [-0.15, -0.1) is 22.7 Å². The molecule has 1 fully saturated rings. The van der Waals surface area contributed by atoms with Crippen molar-refractivity contribution < 1.29 is 18.0 Å². The Kier molecular flexibility index (Phi) is 7.48. The molecule has 5 heterocycles. The molecular formula is C34H30F3N5OS2. The molecule has 1 aliphatic carbocycles. The van der Waals surface area contributed by atoms with Gasteiger partial charge in [-0.25, -0.2) is 14.5 Å². The van der Waals surface area contributed by atoms with Gasteiger partial charge in [-0.3, -0.25) is 4.79 Å². The third-order valence-corrected chi connectivity index (χ3v) is 10.2. The molecule has 4 aromatic heterocycles. The van der Waals surface area contributed by atoms with E-state index in [1.165, 1.54) is 11.1 Å². The molecule has 2 aliphatic rings. The summed E-state index contributed by atoms with van der Waals surface area (Å²) in [7, 11) is 0. The van der Waals surface area contributed by atoms with Gasteiger partial charge < -0.3 is 0 Å². The number of halogens is 3. The summed E-state index contributed by atoms with van der Waals surface area (Å²) < 4.78 is 43.8. The molecule has 1 aromatic carbocycles. The summed E-state index contributed by atoms with van der Waals surface area (Å²) in [5.74, 6) is 0.0632. The van der Waals surface area contributed by atoms with Crippen molar-refractivity contribution in [1.82, 2.24) is 19.6 Å². The number of allylic oxidation sites excluding steroid dienone is 1. The Hall–Kier alpha value is -4.09. The fourth-order valence-corrected chi connectivity index (χ4v) is 7.88. The van der Waals surface area contributed by atoms with E-state index >= 15 is 0 Å². The van der Waals surface area contributed by atoms with E-state index in [1.807, 2.05) is 41.1 Å². The summed E-state index contributed by atoms with van der Waals surface area (Å²) in [5.41, 5.74) is 2.53. The van der Waals surface area contributed by atoms with Crippen LogP contribution in [0.3, 0.4) is 0 Å². The van der Waals surface area contributed by atoms with E-state index in [4.69, 9.17) is 5.10 Å². The van der Waals surface area contributed by atoms with E-state index in [9.17, 15) is 18.0 Å². The second kappa shape index (κ2) is 11.4. The number of carbonyl (C=O) groups excluding carboxylic acids is 1. The van der Waals surface area contributed by atoms with Crippen molar-refractivity contribution in [1.29, 1.82) is 0 Å². The average Bonchev–Trinajstić information content (AvgIpc) is 3.82. The third-order valence-electron chi connectivity index (χ3n) is 8.48. The number of benzene rings is 1. The second-order valence-corrected chi connectivity index (χ2v) is 14.0. The molecule has 1 aliphatic heterocycles. The molecule has 3 atom stereocenters. The van der Waals surface area contributed by atoms with Crippen LogP contribution >= 0.6 is 22.7 Å². The first-order chi connectivity index (χ1) is 21.6. The summed E-state index contributed by atoms with van der Waals surface area (Å²) in [5, 5.41) is 14.5. The van der Waals surface area contributed by atoms with Gasteiger partial charge in [-0.1, -0.05) is 57.2 Å². The number of hydrazone groups is 1. The number of amides is 1. The van der Waals surface area contributed by atoms with Gasteiger partial charge >= 0.3 is 6.18 Å². The lowest BCUT2D eigenvalue weighted by molar-refractivity contribution is -0.142. The lowest BCUT2D eigenvalue weighted by atomic mass is 9.74. The highest BCUT2D eigenvalue weighted by Crippen LogP contribution is 2.47. The van der Waals surface area contributed by atoms with Gasteiger partial charge in [-0.2, -0.15) is 23.4 Å². The number of nitrogens with zero attached hydrogens (tertiary/aromatic N) is 5. The number of hydrogen-bond acceptors (Lipinski definition) is 6. The summed E-state index contributed by atoms with van der Waals surface area (Å²) in [6.07, 6.45) is -0.900. The van der Waals surface area contributed by atoms with E-state index < -0.39 is 17.8 Å². The highest BCUT2D eigenvalue weighted by Gasteiger charge is 2.46. The molecule has 1 saturated carbocycles. The maximum atomic E-state index is 14.4. The SMILES string of the molecule is CC(C)c1ccc(-c2cc(C(F)(F)F)n3nc(C(=O)N4N=C5/C(=C/c6cccs6)C[C@H](C)C[C@@H]5[C@@H]4c4cccs4)cc3n2)cc1. The topological polar surface area (TPSA) is 62.9 Å². The third kappa shape index (κ3) is 5.52. The van der Waals surface area contributed by atoms with Crippen LogP contribution in [-0.2, 0) is 6.18 Å². The van der Waals surface area contributed by atoms with E-state index in [0.29, 0.717) is 11.5 Å². The van der Waals surface area contributed by atoms with E-state index in [1.54, 1.807) is 34.8 Å². The van der Waals surface area contributed by atoms with Crippen LogP contribution in [0.4, 0.5) is 13.2 Å². The largest absolute Gasteiger partial charge is 0.433 e. The minimum atomic E-state index is -4.72. The Labute approximate surface area is 266 Å². The van der Waals surface area contributed by atoms with Gasteiger partial charge in [-0.05, 0) is 70.8 Å².